The summed E-state index contributed by atoms with van der Waals surface area (Å²) in [5, 5.41) is 9.32. The lowest BCUT2D eigenvalue weighted by Gasteiger charge is -2.35. The van der Waals surface area contributed by atoms with Crippen molar-refractivity contribution >= 4 is 17.4 Å². The van der Waals surface area contributed by atoms with Crippen LogP contribution in [0.4, 0.5) is 4.39 Å². The number of carbonyl (C=O) groups is 2. The molecule has 5 rings (SSSR count). The van der Waals surface area contributed by atoms with Gasteiger partial charge >= 0.3 is 5.97 Å². The Bertz CT molecular complexity index is 1420. The number of amides is 1. The van der Waals surface area contributed by atoms with Crippen LogP contribution in [0.5, 0.6) is 11.5 Å². The van der Waals surface area contributed by atoms with Crippen molar-refractivity contribution in [3.05, 3.63) is 96.1 Å². The van der Waals surface area contributed by atoms with Gasteiger partial charge in [-0.2, -0.15) is 0 Å². The summed E-state index contributed by atoms with van der Waals surface area (Å²) >= 11 is 0. The highest BCUT2D eigenvalue weighted by molar-refractivity contribution is 5.88. The first-order valence-electron chi connectivity index (χ1n) is 15.8. The van der Waals surface area contributed by atoms with Crippen LogP contribution in [0, 0.1) is 18.3 Å². The van der Waals surface area contributed by atoms with Crippen molar-refractivity contribution in [2.24, 2.45) is 11.3 Å². The van der Waals surface area contributed by atoms with Gasteiger partial charge in [0.1, 0.15) is 30.7 Å². The maximum absolute atomic E-state index is 14.2. The average molecular weight is 601 g/mol. The standard InChI is InChI=1S/C37H42FNO5/c1-3-20-44-33-22-27(21-32(43-4-2)35(33)29-11-6-12-30(38)23-29)9-5-8-26-16-18-37(19-17-26)24-34(40)39(25-37)31-13-7-10-28(14-15-31)36(41)42/h5-8,11,13-15,21-23,26,30H,1,3-4,9-10,12,16-20,24-25H2,2H3/p+1/b8-5+. The lowest BCUT2D eigenvalue weighted by Crippen LogP contribution is -2.31. The Morgan fingerprint density at radius 2 is 1.93 bits per heavy atom. The Morgan fingerprint density at radius 3 is 2.64 bits per heavy atom. The largest absolute Gasteiger partial charge is 0.493 e. The molecule has 2 fully saturated rings. The molecule has 1 N–H and O–H groups in total. The van der Waals surface area contributed by atoms with E-state index in [-0.39, 0.29) is 11.3 Å². The Kier molecular flexibility index (Phi) is 10.1. The van der Waals surface area contributed by atoms with E-state index in [0.29, 0.717) is 68.4 Å². The fourth-order valence-electron chi connectivity index (χ4n) is 6.68. The second-order valence-corrected chi connectivity index (χ2v) is 12.2. The average Bonchev–Trinajstić information content (AvgIpc) is 3.15. The molecule has 0 radical (unpaired) electrons. The molecule has 1 amide bonds. The van der Waals surface area contributed by atoms with E-state index in [1.165, 1.54) is 0 Å². The third kappa shape index (κ3) is 7.37. The summed E-state index contributed by atoms with van der Waals surface area (Å²) in [4.78, 5) is 26.2. The number of benzene rings is 1. The molecule has 1 aliphatic heterocycles. The van der Waals surface area contributed by atoms with E-state index < -0.39 is 12.1 Å². The first-order chi connectivity index (χ1) is 21.3. The highest BCUT2D eigenvalue weighted by atomic mass is 19.1. The third-order valence-electron chi connectivity index (χ3n) is 8.98. The Balaban J connectivity index is 1.23. The van der Waals surface area contributed by atoms with Crippen LogP contribution in [0.25, 0.3) is 5.57 Å². The fourth-order valence-corrected chi connectivity index (χ4v) is 6.68. The topological polar surface area (TPSA) is 76.1 Å². The zero-order chi connectivity index (χ0) is 31.1. The van der Waals surface area contributed by atoms with Crippen molar-refractivity contribution in [2.75, 3.05) is 19.8 Å². The Hall–Kier alpha value is -4.00. The Labute approximate surface area is 260 Å². The summed E-state index contributed by atoms with van der Waals surface area (Å²) in [6, 6.07) is 4.07. The number of allylic oxidation sites excluding steroid dienone is 10. The van der Waals surface area contributed by atoms with Gasteiger partial charge in [-0.3, -0.25) is 4.79 Å². The molecule has 1 unspecified atom stereocenters. The second-order valence-electron chi connectivity index (χ2n) is 12.2. The van der Waals surface area contributed by atoms with E-state index in [1.807, 2.05) is 48.3 Å². The van der Waals surface area contributed by atoms with Gasteiger partial charge in [-0.1, -0.05) is 30.4 Å². The van der Waals surface area contributed by atoms with Gasteiger partial charge in [0.25, 0.3) is 0 Å². The zero-order valence-corrected chi connectivity index (χ0v) is 25.6. The zero-order valence-electron chi connectivity index (χ0n) is 25.6. The predicted molar refractivity (Wildman–Crippen MR) is 171 cm³/mol. The highest BCUT2D eigenvalue weighted by Crippen LogP contribution is 2.47. The number of nitrogens with zero attached hydrogens (tertiary/aromatic N) is 1. The van der Waals surface area contributed by atoms with Crippen LogP contribution < -0.4 is 9.47 Å². The number of likely N-dealkylation sites (tertiary alicyclic amines) is 1. The summed E-state index contributed by atoms with van der Waals surface area (Å²) in [6.45, 7) is 7.49. The van der Waals surface area contributed by atoms with E-state index in [4.69, 9.17) is 9.47 Å². The molecule has 0 aromatic heterocycles. The summed E-state index contributed by atoms with van der Waals surface area (Å²) < 4.78 is 26.4. The maximum Gasteiger partial charge on any atom is 0.331 e. The van der Waals surface area contributed by atoms with E-state index >= 15 is 0 Å². The van der Waals surface area contributed by atoms with E-state index in [1.54, 1.807) is 18.2 Å². The van der Waals surface area contributed by atoms with Crippen LogP contribution in [-0.4, -0.2) is 47.8 Å². The number of rotatable bonds is 11. The van der Waals surface area contributed by atoms with Crippen LogP contribution >= 0.6 is 0 Å². The summed E-state index contributed by atoms with van der Waals surface area (Å²) in [7, 11) is 0. The van der Waals surface area contributed by atoms with Crippen LogP contribution in [0.1, 0.15) is 69.4 Å². The summed E-state index contributed by atoms with van der Waals surface area (Å²) in [5.41, 5.74) is 3.72. The molecule has 1 atom stereocenters. The fraction of sp³-hybridized carbons (Fsp3) is 0.432. The molecule has 6 nitrogen and oxygen atoms in total. The van der Waals surface area contributed by atoms with Crippen LogP contribution in [0.2, 0.25) is 0 Å². The van der Waals surface area contributed by atoms with Gasteiger partial charge in [-0.15, -0.1) is 0 Å². The number of alkyl halides is 1. The monoisotopic (exact) mass is 600 g/mol. The molecule has 232 valence electrons. The smallest absolute Gasteiger partial charge is 0.331 e. The van der Waals surface area contributed by atoms with Gasteiger partial charge in [0.15, 0.2) is 0 Å². The Morgan fingerprint density at radius 1 is 1.16 bits per heavy atom. The van der Waals surface area contributed by atoms with Crippen molar-refractivity contribution < 1.29 is 28.6 Å². The SMILES string of the molecule is [CH2+]CCOc1cc(C/C=C/C2CCC3(CC2)CC(=O)N(C2=CC=C(C(=O)O)CC=C2)C3)cc(OCC)c1C1=CC(F)CC=C1. The minimum atomic E-state index is -1.03. The lowest BCUT2D eigenvalue weighted by molar-refractivity contribution is -0.132. The van der Waals surface area contributed by atoms with Crippen LogP contribution in [0.3, 0.4) is 0 Å². The number of carbonyl (C=O) groups excluding carboxylic acids is 1. The van der Waals surface area contributed by atoms with Crippen LogP contribution in [0.15, 0.2) is 78.1 Å². The predicted octanol–water partition coefficient (Wildman–Crippen LogP) is 7.73. The number of carboxylic acids is 1. The van der Waals surface area contributed by atoms with Crippen molar-refractivity contribution in [3.8, 4) is 11.5 Å². The first-order valence-corrected chi connectivity index (χ1v) is 15.8. The van der Waals surface area contributed by atoms with Crippen molar-refractivity contribution in [1.29, 1.82) is 0 Å². The molecule has 1 spiro atoms. The molecule has 1 heterocycles. The van der Waals surface area contributed by atoms with Gasteiger partial charge in [-0.05, 0) is 104 Å². The summed E-state index contributed by atoms with van der Waals surface area (Å²) in [6.07, 6.45) is 22.7. The van der Waals surface area contributed by atoms with Gasteiger partial charge in [-0.25, -0.2) is 9.18 Å². The number of ether oxygens (including phenoxy) is 2. The molecular formula is C37H43FNO5+. The van der Waals surface area contributed by atoms with Gasteiger partial charge in [0, 0.05) is 30.7 Å². The van der Waals surface area contributed by atoms with Gasteiger partial charge < -0.3 is 19.5 Å². The van der Waals surface area contributed by atoms with E-state index in [2.05, 4.69) is 19.1 Å². The van der Waals surface area contributed by atoms with Crippen LogP contribution in [-0.2, 0) is 16.0 Å². The molecule has 1 aromatic rings. The first kappa shape index (κ1) is 31.4. The van der Waals surface area contributed by atoms with Crippen molar-refractivity contribution in [1.82, 2.24) is 4.90 Å². The number of aliphatic carboxylic acids is 1. The molecule has 1 saturated carbocycles. The molecule has 1 aromatic carbocycles. The number of carboxylic acid groups (broad SMARTS) is 1. The van der Waals surface area contributed by atoms with Crippen molar-refractivity contribution in [3.63, 3.8) is 0 Å². The molecule has 1 saturated heterocycles. The minimum absolute atomic E-state index is 0.0226. The number of hydrogen-bond acceptors (Lipinski definition) is 4. The molecular weight excluding hydrogens is 557 g/mol. The molecule has 4 aliphatic rings. The highest BCUT2D eigenvalue weighted by Gasteiger charge is 2.45. The molecule has 44 heavy (non-hydrogen) atoms. The van der Waals surface area contributed by atoms with Gasteiger partial charge in [0.2, 0.25) is 5.91 Å². The summed E-state index contributed by atoms with van der Waals surface area (Å²) in [5.74, 6) is 1.04. The molecule has 7 heteroatoms. The molecule has 3 aliphatic carbocycles. The minimum Gasteiger partial charge on any atom is -0.493 e. The molecule has 0 bridgehead atoms. The van der Waals surface area contributed by atoms with E-state index in [9.17, 15) is 19.1 Å². The number of hydrogen-bond donors (Lipinski definition) is 1. The lowest BCUT2D eigenvalue weighted by atomic mass is 9.70. The van der Waals surface area contributed by atoms with E-state index in [0.717, 1.165) is 54.5 Å². The van der Waals surface area contributed by atoms with Crippen molar-refractivity contribution in [2.45, 2.75) is 70.9 Å². The quantitative estimate of drug-likeness (QED) is 0.208. The normalized spacial score (nSPS) is 25.2. The third-order valence-corrected chi connectivity index (χ3v) is 8.98. The van der Waals surface area contributed by atoms with Gasteiger partial charge in [0.05, 0.1) is 19.1 Å². The second kappa shape index (κ2) is 14.2. The number of halogens is 1. The maximum atomic E-state index is 14.2.